The van der Waals surface area contributed by atoms with Gasteiger partial charge in [0.1, 0.15) is 6.17 Å². The lowest BCUT2D eigenvalue weighted by Gasteiger charge is -2.27. The first-order valence-electron chi connectivity index (χ1n) is 7.01. The molecule has 2 aromatic carbocycles. The van der Waals surface area contributed by atoms with Gasteiger partial charge in [-0.2, -0.15) is 0 Å². The van der Waals surface area contributed by atoms with Gasteiger partial charge >= 0.3 is 0 Å². The van der Waals surface area contributed by atoms with Gasteiger partial charge in [0.25, 0.3) is 5.91 Å². The highest BCUT2D eigenvalue weighted by atomic mass is 127. The molecule has 0 spiro atoms. The highest BCUT2D eigenvalue weighted by Gasteiger charge is 2.34. The molecule has 0 aromatic heterocycles. The SMILES string of the molecule is O=C(N[C@@H](NC(=S)Nc1ccc(I)cc1)C(Cl)(Cl)Cl)c1ccccc1. The Morgan fingerprint density at radius 2 is 1.60 bits per heavy atom. The largest absolute Gasteiger partial charge is 0.339 e. The molecule has 0 aliphatic heterocycles. The van der Waals surface area contributed by atoms with Crippen molar-refractivity contribution >= 4 is 86.3 Å². The lowest BCUT2D eigenvalue weighted by atomic mass is 10.2. The standard InChI is InChI=1S/C16H13Cl3IN3OS/c17-16(18,19)14(22-13(24)10-4-2-1-3-5-10)23-15(25)21-12-8-6-11(20)7-9-12/h1-9,14H,(H,22,24)(H2,21,23,25)/t14-/m0/s1. The first-order valence-corrected chi connectivity index (χ1v) is 9.63. The van der Waals surface area contributed by atoms with E-state index in [0.29, 0.717) is 5.56 Å². The van der Waals surface area contributed by atoms with E-state index in [1.54, 1.807) is 24.3 Å². The number of amides is 1. The second-order valence-electron chi connectivity index (χ2n) is 4.92. The first-order chi connectivity index (χ1) is 11.8. The molecule has 0 bridgehead atoms. The van der Waals surface area contributed by atoms with E-state index in [9.17, 15) is 4.79 Å². The minimum Gasteiger partial charge on any atom is -0.339 e. The molecule has 0 radical (unpaired) electrons. The molecule has 2 rings (SSSR count). The van der Waals surface area contributed by atoms with Crippen LogP contribution in [0.1, 0.15) is 10.4 Å². The van der Waals surface area contributed by atoms with Crippen molar-refractivity contribution in [3.05, 3.63) is 63.7 Å². The highest BCUT2D eigenvalue weighted by molar-refractivity contribution is 14.1. The third-order valence-electron chi connectivity index (χ3n) is 3.02. The summed E-state index contributed by atoms with van der Waals surface area (Å²) >= 11 is 25.3. The Balaban J connectivity index is 2.03. The Morgan fingerprint density at radius 1 is 1.00 bits per heavy atom. The van der Waals surface area contributed by atoms with E-state index in [2.05, 4.69) is 38.5 Å². The Morgan fingerprint density at radius 3 is 2.16 bits per heavy atom. The summed E-state index contributed by atoms with van der Waals surface area (Å²) in [7, 11) is 0. The van der Waals surface area contributed by atoms with E-state index in [0.717, 1.165) is 9.26 Å². The number of carbonyl (C=O) groups is 1. The lowest BCUT2D eigenvalue weighted by molar-refractivity contribution is 0.0934. The van der Waals surface area contributed by atoms with Crippen molar-refractivity contribution in [3.63, 3.8) is 0 Å². The fourth-order valence-corrected chi connectivity index (χ4v) is 2.76. The van der Waals surface area contributed by atoms with Gasteiger partial charge in [-0.3, -0.25) is 4.79 Å². The smallest absolute Gasteiger partial charge is 0.252 e. The second kappa shape index (κ2) is 9.23. The highest BCUT2D eigenvalue weighted by Crippen LogP contribution is 2.29. The maximum atomic E-state index is 12.3. The summed E-state index contributed by atoms with van der Waals surface area (Å²) in [5, 5.41) is 8.62. The van der Waals surface area contributed by atoms with E-state index in [1.807, 2.05) is 30.3 Å². The van der Waals surface area contributed by atoms with Crippen molar-refractivity contribution in [2.45, 2.75) is 9.96 Å². The summed E-state index contributed by atoms with van der Waals surface area (Å²) in [5.41, 5.74) is 1.22. The van der Waals surface area contributed by atoms with Crippen LogP contribution in [0.2, 0.25) is 0 Å². The summed E-state index contributed by atoms with van der Waals surface area (Å²) in [4.78, 5) is 12.3. The summed E-state index contributed by atoms with van der Waals surface area (Å²) in [5.74, 6) is -0.388. The van der Waals surface area contributed by atoms with Crippen LogP contribution in [0.15, 0.2) is 54.6 Å². The molecule has 132 valence electrons. The monoisotopic (exact) mass is 527 g/mol. The maximum Gasteiger partial charge on any atom is 0.252 e. The van der Waals surface area contributed by atoms with Crippen molar-refractivity contribution < 1.29 is 4.79 Å². The van der Waals surface area contributed by atoms with E-state index in [-0.39, 0.29) is 11.0 Å². The number of rotatable bonds is 4. The van der Waals surface area contributed by atoms with E-state index in [1.165, 1.54) is 0 Å². The van der Waals surface area contributed by atoms with Crippen molar-refractivity contribution in [1.82, 2.24) is 10.6 Å². The van der Waals surface area contributed by atoms with Crippen molar-refractivity contribution in [2.24, 2.45) is 0 Å². The van der Waals surface area contributed by atoms with E-state index < -0.39 is 9.96 Å². The maximum absolute atomic E-state index is 12.3. The van der Waals surface area contributed by atoms with Crippen LogP contribution in [0.5, 0.6) is 0 Å². The van der Waals surface area contributed by atoms with E-state index >= 15 is 0 Å². The number of alkyl halides is 3. The molecule has 3 N–H and O–H groups in total. The van der Waals surface area contributed by atoms with Gasteiger partial charge in [0.2, 0.25) is 3.79 Å². The number of benzene rings is 2. The van der Waals surface area contributed by atoms with Crippen molar-refractivity contribution in [2.75, 3.05) is 5.32 Å². The van der Waals surface area contributed by atoms with Crippen molar-refractivity contribution in [1.29, 1.82) is 0 Å². The minimum atomic E-state index is -1.80. The van der Waals surface area contributed by atoms with Gasteiger partial charge in [0.15, 0.2) is 5.11 Å². The summed E-state index contributed by atoms with van der Waals surface area (Å²) in [6.07, 6.45) is -1.02. The zero-order valence-corrected chi connectivity index (χ0v) is 17.8. The number of halogens is 4. The number of thiocarbonyl (C=S) groups is 1. The zero-order valence-electron chi connectivity index (χ0n) is 12.6. The molecule has 4 nitrogen and oxygen atoms in total. The van der Waals surface area contributed by atoms with Crippen LogP contribution in [0.4, 0.5) is 5.69 Å². The summed E-state index contributed by atoms with van der Waals surface area (Å²) in [6.45, 7) is 0. The third kappa shape index (κ3) is 6.79. The van der Waals surface area contributed by atoms with Gasteiger partial charge in [0.05, 0.1) is 0 Å². The predicted octanol–water partition coefficient (Wildman–Crippen LogP) is 4.70. The molecule has 1 amide bonds. The number of hydrogen-bond acceptors (Lipinski definition) is 2. The number of nitrogens with one attached hydrogen (secondary N) is 3. The summed E-state index contributed by atoms with van der Waals surface area (Å²) < 4.78 is -0.710. The number of carbonyl (C=O) groups excluding carboxylic acids is 1. The molecule has 0 unspecified atom stereocenters. The molecule has 0 heterocycles. The van der Waals surface area contributed by atoms with Crippen LogP contribution in [-0.4, -0.2) is 21.0 Å². The molecule has 0 aliphatic rings. The quantitative estimate of drug-likeness (QED) is 0.233. The van der Waals surface area contributed by atoms with E-state index in [4.69, 9.17) is 47.0 Å². The molecule has 9 heteroatoms. The Bertz CT molecular complexity index is 739. The average Bonchev–Trinajstić information content (AvgIpc) is 2.56. The van der Waals surface area contributed by atoms with Crippen LogP contribution in [0.3, 0.4) is 0 Å². The minimum absolute atomic E-state index is 0.214. The molecule has 0 aliphatic carbocycles. The van der Waals surface area contributed by atoms with Gasteiger partial charge < -0.3 is 16.0 Å². The third-order valence-corrected chi connectivity index (χ3v) is 4.61. The van der Waals surface area contributed by atoms with Gasteiger partial charge in [-0.25, -0.2) is 0 Å². The second-order valence-corrected chi connectivity index (χ2v) is 8.94. The zero-order chi connectivity index (χ0) is 18.4. The van der Waals surface area contributed by atoms with Crippen molar-refractivity contribution in [3.8, 4) is 0 Å². The fraction of sp³-hybridized carbons (Fsp3) is 0.125. The molecule has 25 heavy (non-hydrogen) atoms. The molecule has 0 saturated heterocycles. The normalized spacial score (nSPS) is 12.2. The van der Waals surface area contributed by atoms with Crippen LogP contribution < -0.4 is 16.0 Å². The predicted molar refractivity (Wildman–Crippen MR) is 117 cm³/mol. The van der Waals surface area contributed by atoms with Crippen LogP contribution in [-0.2, 0) is 0 Å². The average molecular weight is 529 g/mol. The lowest BCUT2D eigenvalue weighted by Crippen LogP contribution is -2.56. The van der Waals surface area contributed by atoms with Gasteiger partial charge in [-0.15, -0.1) is 0 Å². The number of hydrogen-bond donors (Lipinski definition) is 3. The Kier molecular flexibility index (Phi) is 7.57. The van der Waals surface area contributed by atoms with Gasteiger partial charge in [-0.05, 0) is 71.2 Å². The molecule has 1 atom stereocenters. The molecule has 2 aromatic rings. The number of anilines is 1. The topological polar surface area (TPSA) is 53.2 Å². The Hall–Kier alpha value is -0.800. The first kappa shape index (κ1) is 20.5. The molecule has 0 saturated carbocycles. The molecular weight excluding hydrogens is 516 g/mol. The van der Waals surface area contributed by atoms with Crippen LogP contribution in [0.25, 0.3) is 0 Å². The van der Waals surface area contributed by atoms with Crippen LogP contribution >= 0.6 is 69.6 Å². The van der Waals surface area contributed by atoms with Gasteiger partial charge in [-0.1, -0.05) is 53.0 Å². The Labute approximate surface area is 179 Å². The van der Waals surface area contributed by atoms with Gasteiger partial charge in [0, 0.05) is 14.8 Å². The molecular formula is C16H13Cl3IN3OS. The summed E-state index contributed by atoms with van der Waals surface area (Å²) in [6, 6.07) is 16.2. The molecule has 0 fully saturated rings. The van der Waals surface area contributed by atoms with Crippen LogP contribution in [0, 0.1) is 3.57 Å². The fourth-order valence-electron chi connectivity index (χ4n) is 1.84.